The van der Waals surface area contributed by atoms with Crippen LogP contribution in [0.4, 0.5) is 13.2 Å². The molecule has 3 aromatic rings. The summed E-state index contributed by atoms with van der Waals surface area (Å²) >= 11 is 0. The number of aromatic nitrogens is 3. The lowest BCUT2D eigenvalue weighted by atomic mass is 10.1. The molecule has 2 heterocycles. The maximum Gasteiger partial charge on any atom is 0.433 e. The van der Waals surface area contributed by atoms with Crippen molar-refractivity contribution in [2.75, 3.05) is 0 Å². The lowest BCUT2D eigenvalue weighted by Crippen LogP contribution is -2.23. The number of carbonyl (C=O) groups is 1. The third kappa shape index (κ3) is 4.47. The number of pyridine rings is 1. The predicted molar refractivity (Wildman–Crippen MR) is 88.2 cm³/mol. The molecule has 134 valence electrons. The first-order valence-corrected chi connectivity index (χ1v) is 7.77. The SMILES string of the molecule is O=C(NCc1ccc(Cn2ccnc2)cc1)c1ccc(C(F)(F)F)nc1. The number of imidazole rings is 1. The second-order valence-electron chi connectivity index (χ2n) is 5.66. The average molecular weight is 360 g/mol. The van der Waals surface area contributed by atoms with Crippen LogP contribution >= 0.6 is 0 Å². The van der Waals surface area contributed by atoms with Crippen LogP contribution in [0.25, 0.3) is 0 Å². The van der Waals surface area contributed by atoms with Gasteiger partial charge in [0.15, 0.2) is 0 Å². The van der Waals surface area contributed by atoms with Crippen molar-refractivity contribution in [2.24, 2.45) is 0 Å². The molecular weight excluding hydrogens is 345 g/mol. The van der Waals surface area contributed by atoms with E-state index in [1.807, 2.05) is 35.0 Å². The zero-order chi connectivity index (χ0) is 18.6. The summed E-state index contributed by atoms with van der Waals surface area (Å²) in [7, 11) is 0. The zero-order valence-electron chi connectivity index (χ0n) is 13.6. The van der Waals surface area contributed by atoms with Gasteiger partial charge in [-0.05, 0) is 23.3 Å². The number of hydrogen-bond donors (Lipinski definition) is 1. The van der Waals surface area contributed by atoms with Gasteiger partial charge in [-0.2, -0.15) is 13.2 Å². The molecule has 0 unspecified atom stereocenters. The van der Waals surface area contributed by atoms with E-state index in [1.165, 1.54) is 0 Å². The first-order chi connectivity index (χ1) is 12.4. The number of rotatable bonds is 5. The van der Waals surface area contributed by atoms with Crippen molar-refractivity contribution in [2.45, 2.75) is 19.3 Å². The highest BCUT2D eigenvalue weighted by Gasteiger charge is 2.32. The minimum atomic E-state index is -4.52. The Balaban J connectivity index is 1.55. The van der Waals surface area contributed by atoms with Crippen molar-refractivity contribution in [3.8, 4) is 0 Å². The number of nitrogens with one attached hydrogen (secondary N) is 1. The van der Waals surface area contributed by atoms with Gasteiger partial charge in [0, 0.05) is 31.7 Å². The molecule has 1 N–H and O–H groups in total. The largest absolute Gasteiger partial charge is 0.433 e. The summed E-state index contributed by atoms with van der Waals surface area (Å²) in [5.74, 6) is -0.478. The zero-order valence-corrected chi connectivity index (χ0v) is 13.6. The Morgan fingerprint density at radius 1 is 1.08 bits per heavy atom. The number of hydrogen-bond acceptors (Lipinski definition) is 3. The van der Waals surface area contributed by atoms with Crippen LogP contribution in [0.15, 0.2) is 61.3 Å². The Bertz CT molecular complexity index is 857. The summed E-state index contributed by atoms with van der Waals surface area (Å²) in [5.41, 5.74) is 1.02. The second-order valence-corrected chi connectivity index (χ2v) is 5.66. The van der Waals surface area contributed by atoms with E-state index in [0.29, 0.717) is 6.54 Å². The number of carbonyl (C=O) groups excluding carboxylic acids is 1. The molecule has 0 spiro atoms. The van der Waals surface area contributed by atoms with Crippen LogP contribution in [0.1, 0.15) is 27.2 Å². The van der Waals surface area contributed by atoms with Gasteiger partial charge in [0.2, 0.25) is 0 Å². The molecule has 26 heavy (non-hydrogen) atoms. The van der Waals surface area contributed by atoms with Crippen LogP contribution in [-0.2, 0) is 19.3 Å². The Kier molecular flexibility index (Phi) is 5.01. The van der Waals surface area contributed by atoms with Crippen LogP contribution in [0, 0.1) is 0 Å². The summed E-state index contributed by atoms with van der Waals surface area (Å²) in [4.78, 5) is 19.3. The van der Waals surface area contributed by atoms with Crippen LogP contribution in [0.3, 0.4) is 0 Å². The van der Waals surface area contributed by atoms with Gasteiger partial charge in [-0.15, -0.1) is 0 Å². The molecule has 0 bridgehead atoms. The Morgan fingerprint density at radius 3 is 2.38 bits per heavy atom. The average Bonchev–Trinajstić information content (AvgIpc) is 3.13. The minimum Gasteiger partial charge on any atom is -0.348 e. The summed E-state index contributed by atoms with van der Waals surface area (Å²) < 4.78 is 39.4. The van der Waals surface area contributed by atoms with E-state index < -0.39 is 17.8 Å². The van der Waals surface area contributed by atoms with Gasteiger partial charge in [0.1, 0.15) is 5.69 Å². The molecule has 2 aromatic heterocycles. The lowest BCUT2D eigenvalue weighted by molar-refractivity contribution is -0.141. The summed E-state index contributed by atoms with van der Waals surface area (Å²) in [6, 6.07) is 9.57. The first kappa shape index (κ1) is 17.7. The molecule has 0 saturated carbocycles. The predicted octanol–water partition coefficient (Wildman–Crippen LogP) is 3.28. The summed E-state index contributed by atoms with van der Waals surface area (Å²) in [6.07, 6.45) is 1.71. The monoisotopic (exact) mass is 360 g/mol. The number of halogens is 3. The maximum absolute atomic E-state index is 12.5. The van der Waals surface area contributed by atoms with Crippen LogP contribution < -0.4 is 5.32 Å². The molecule has 0 fully saturated rings. The molecule has 0 atom stereocenters. The fraction of sp³-hybridized carbons (Fsp3) is 0.167. The number of amides is 1. The number of alkyl halides is 3. The molecule has 8 heteroatoms. The van der Waals surface area contributed by atoms with E-state index >= 15 is 0 Å². The van der Waals surface area contributed by atoms with Crippen molar-refractivity contribution in [1.82, 2.24) is 19.9 Å². The van der Waals surface area contributed by atoms with Gasteiger partial charge in [-0.1, -0.05) is 24.3 Å². The smallest absolute Gasteiger partial charge is 0.348 e. The standard InChI is InChI=1S/C18H15F3N4O/c19-18(20,21)16-6-5-15(10-23-16)17(26)24-9-13-1-3-14(4-2-13)11-25-8-7-22-12-25/h1-8,10,12H,9,11H2,(H,24,26). The van der Waals surface area contributed by atoms with Crippen molar-refractivity contribution in [3.63, 3.8) is 0 Å². The van der Waals surface area contributed by atoms with Crippen molar-refractivity contribution >= 4 is 5.91 Å². The molecular formula is C18H15F3N4O. The Hall–Kier alpha value is -3.16. The minimum absolute atomic E-state index is 0.0785. The molecule has 0 aliphatic heterocycles. The van der Waals surface area contributed by atoms with Crippen LogP contribution in [-0.4, -0.2) is 20.4 Å². The van der Waals surface area contributed by atoms with Gasteiger partial charge in [-0.25, -0.2) is 4.98 Å². The van der Waals surface area contributed by atoms with Crippen molar-refractivity contribution < 1.29 is 18.0 Å². The fourth-order valence-corrected chi connectivity index (χ4v) is 2.33. The highest BCUT2D eigenvalue weighted by molar-refractivity contribution is 5.93. The fourth-order valence-electron chi connectivity index (χ4n) is 2.33. The van der Waals surface area contributed by atoms with E-state index in [1.54, 1.807) is 12.5 Å². The molecule has 1 aromatic carbocycles. The Labute approximate surface area is 147 Å². The normalized spacial score (nSPS) is 11.3. The van der Waals surface area contributed by atoms with E-state index in [2.05, 4.69) is 15.3 Å². The van der Waals surface area contributed by atoms with Crippen LogP contribution in [0.2, 0.25) is 0 Å². The first-order valence-electron chi connectivity index (χ1n) is 7.77. The van der Waals surface area contributed by atoms with Gasteiger partial charge in [-0.3, -0.25) is 9.78 Å². The summed E-state index contributed by atoms with van der Waals surface area (Å²) in [5, 5.41) is 2.66. The highest BCUT2D eigenvalue weighted by atomic mass is 19.4. The molecule has 0 radical (unpaired) electrons. The van der Waals surface area contributed by atoms with Crippen molar-refractivity contribution in [3.05, 3.63) is 83.7 Å². The van der Waals surface area contributed by atoms with E-state index in [0.717, 1.165) is 29.5 Å². The van der Waals surface area contributed by atoms with E-state index in [4.69, 9.17) is 0 Å². The molecule has 3 rings (SSSR count). The number of nitrogens with zero attached hydrogens (tertiary/aromatic N) is 3. The summed E-state index contributed by atoms with van der Waals surface area (Å²) in [6.45, 7) is 0.967. The van der Waals surface area contributed by atoms with Gasteiger partial charge >= 0.3 is 6.18 Å². The lowest BCUT2D eigenvalue weighted by Gasteiger charge is -2.08. The second kappa shape index (κ2) is 7.38. The quantitative estimate of drug-likeness (QED) is 0.760. The van der Waals surface area contributed by atoms with Gasteiger partial charge in [0.05, 0.1) is 11.9 Å². The van der Waals surface area contributed by atoms with Crippen molar-refractivity contribution in [1.29, 1.82) is 0 Å². The number of benzene rings is 1. The van der Waals surface area contributed by atoms with Gasteiger partial charge in [0.25, 0.3) is 5.91 Å². The van der Waals surface area contributed by atoms with Crippen LogP contribution in [0.5, 0.6) is 0 Å². The maximum atomic E-state index is 12.5. The molecule has 0 aliphatic rings. The third-order valence-corrected chi connectivity index (χ3v) is 3.72. The molecule has 0 saturated heterocycles. The Morgan fingerprint density at radius 2 is 1.81 bits per heavy atom. The molecule has 0 aliphatic carbocycles. The third-order valence-electron chi connectivity index (χ3n) is 3.72. The topological polar surface area (TPSA) is 59.8 Å². The molecule has 1 amide bonds. The molecule has 5 nitrogen and oxygen atoms in total. The van der Waals surface area contributed by atoms with Gasteiger partial charge < -0.3 is 9.88 Å². The van der Waals surface area contributed by atoms with E-state index in [-0.39, 0.29) is 12.1 Å². The van der Waals surface area contributed by atoms with E-state index in [9.17, 15) is 18.0 Å². The highest BCUT2D eigenvalue weighted by Crippen LogP contribution is 2.27.